The number of hydrogen-bond acceptors (Lipinski definition) is 3. The van der Waals surface area contributed by atoms with Crippen LogP contribution in [0.1, 0.15) is 18.4 Å². The largest absolute Gasteiger partial charge is 0.497 e. The summed E-state index contributed by atoms with van der Waals surface area (Å²) in [5.74, 6) is 0.847. The molecule has 1 fully saturated rings. The van der Waals surface area contributed by atoms with Gasteiger partial charge < -0.3 is 14.7 Å². The van der Waals surface area contributed by atoms with E-state index in [9.17, 15) is 4.79 Å². The zero-order chi connectivity index (χ0) is 13.0. The van der Waals surface area contributed by atoms with Crippen molar-refractivity contribution in [2.75, 3.05) is 20.3 Å². The highest BCUT2D eigenvalue weighted by atomic mass is 16.5. The van der Waals surface area contributed by atoms with Crippen LogP contribution in [-0.4, -0.2) is 42.2 Å². The van der Waals surface area contributed by atoms with E-state index < -0.39 is 0 Å². The minimum absolute atomic E-state index is 0.0281. The molecule has 0 atom stereocenters. The van der Waals surface area contributed by atoms with E-state index in [2.05, 4.69) is 0 Å². The summed E-state index contributed by atoms with van der Waals surface area (Å²) >= 11 is 0. The number of benzene rings is 1. The fourth-order valence-corrected chi connectivity index (χ4v) is 2.06. The molecule has 4 nitrogen and oxygen atoms in total. The molecule has 98 valence electrons. The van der Waals surface area contributed by atoms with Crippen LogP contribution in [-0.2, 0) is 11.2 Å². The van der Waals surface area contributed by atoms with Crippen molar-refractivity contribution < 1.29 is 14.6 Å². The lowest BCUT2D eigenvalue weighted by Crippen LogP contribution is -2.36. The molecule has 1 aromatic carbocycles. The number of nitrogens with zero attached hydrogens (tertiary/aromatic N) is 1. The molecule has 0 unspecified atom stereocenters. The van der Waals surface area contributed by atoms with Crippen molar-refractivity contribution in [3.05, 3.63) is 29.8 Å². The van der Waals surface area contributed by atoms with E-state index >= 15 is 0 Å². The van der Waals surface area contributed by atoms with Crippen LogP contribution in [0.3, 0.4) is 0 Å². The number of carbonyl (C=O) groups is 1. The zero-order valence-corrected chi connectivity index (χ0v) is 10.6. The molecule has 18 heavy (non-hydrogen) atoms. The number of carbonyl (C=O) groups excluding carboxylic acids is 1. The molecule has 1 amide bonds. The Balaban J connectivity index is 2.00. The molecular weight excluding hydrogens is 230 g/mol. The smallest absolute Gasteiger partial charge is 0.227 e. The van der Waals surface area contributed by atoms with E-state index in [1.165, 1.54) is 0 Å². The summed E-state index contributed by atoms with van der Waals surface area (Å²) in [7, 11) is 1.61. The number of aliphatic hydroxyl groups excluding tert-OH is 1. The average molecular weight is 249 g/mol. The van der Waals surface area contributed by atoms with Gasteiger partial charge in [0.05, 0.1) is 20.1 Å². The van der Waals surface area contributed by atoms with Gasteiger partial charge in [-0.1, -0.05) is 12.1 Å². The van der Waals surface area contributed by atoms with Gasteiger partial charge in [0.1, 0.15) is 5.75 Å². The summed E-state index contributed by atoms with van der Waals surface area (Å²) in [6, 6.07) is 7.89. The molecule has 0 saturated heterocycles. The summed E-state index contributed by atoms with van der Waals surface area (Å²) in [5.41, 5.74) is 0.947. The fourth-order valence-electron chi connectivity index (χ4n) is 2.06. The highest BCUT2D eigenvalue weighted by Gasteiger charge is 2.31. The molecule has 2 rings (SSSR count). The van der Waals surface area contributed by atoms with Crippen LogP contribution in [0.25, 0.3) is 0 Å². The third-order valence-corrected chi connectivity index (χ3v) is 3.14. The van der Waals surface area contributed by atoms with Crippen molar-refractivity contribution in [3.8, 4) is 5.75 Å². The summed E-state index contributed by atoms with van der Waals surface area (Å²) in [6.07, 6.45) is 2.49. The van der Waals surface area contributed by atoms with E-state index in [1.54, 1.807) is 12.0 Å². The van der Waals surface area contributed by atoms with Crippen molar-refractivity contribution in [2.24, 2.45) is 0 Å². The van der Waals surface area contributed by atoms with Crippen molar-refractivity contribution >= 4 is 5.91 Å². The van der Waals surface area contributed by atoms with E-state index in [1.807, 2.05) is 24.3 Å². The van der Waals surface area contributed by atoms with Gasteiger partial charge in [-0.05, 0) is 30.5 Å². The van der Waals surface area contributed by atoms with E-state index in [4.69, 9.17) is 9.84 Å². The van der Waals surface area contributed by atoms with Crippen molar-refractivity contribution in [3.63, 3.8) is 0 Å². The summed E-state index contributed by atoms with van der Waals surface area (Å²) < 4.78 is 5.14. The Labute approximate surface area is 107 Å². The van der Waals surface area contributed by atoms with Crippen molar-refractivity contribution in [1.82, 2.24) is 4.90 Å². The number of aliphatic hydroxyl groups is 1. The van der Waals surface area contributed by atoms with Crippen molar-refractivity contribution in [1.29, 1.82) is 0 Å². The Morgan fingerprint density at radius 1 is 1.50 bits per heavy atom. The quantitative estimate of drug-likeness (QED) is 0.824. The fraction of sp³-hybridized carbons (Fsp3) is 0.500. The monoisotopic (exact) mass is 249 g/mol. The first-order valence-corrected chi connectivity index (χ1v) is 6.28. The zero-order valence-electron chi connectivity index (χ0n) is 10.6. The number of hydrogen-bond donors (Lipinski definition) is 1. The van der Waals surface area contributed by atoms with Gasteiger partial charge in [-0.15, -0.1) is 0 Å². The number of rotatable bonds is 6. The second-order valence-electron chi connectivity index (χ2n) is 4.57. The molecule has 0 heterocycles. The van der Waals surface area contributed by atoms with Gasteiger partial charge in [0.15, 0.2) is 0 Å². The van der Waals surface area contributed by atoms with Gasteiger partial charge in [-0.3, -0.25) is 4.79 Å². The van der Waals surface area contributed by atoms with Gasteiger partial charge in [-0.2, -0.15) is 0 Å². The summed E-state index contributed by atoms with van der Waals surface area (Å²) in [6.45, 7) is 0.466. The molecule has 0 aromatic heterocycles. The predicted octanol–water partition coefficient (Wildman–Crippen LogP) is 1.22. The van der Waals surface area contributed by atoms with Gasteiger partial charge >= 0.3 is 0 Å². The number of amides is 1. The van der Waals surface area contributed by atoms with Crippen LogP contribution in [0, 0.1) is 0 Å². The molecule has 1 aromatic rings. The number of ether oxygens (including phenoxy) is 1. The molecule has 1 saturated carbocycles. The first-order valence-electron chi connectivity index (χ1n) is 6.28. The molecule has 0 spiro atoms. The summed E-state index contributed by atoms with van der Waals surface area (Å²) in [5, 5.41) is 9.00. The Hall–Kier alpha value is -1.55. The minimum atomic E-state index is 0.0281. The average Bonchev–Trinajstić information content (AvgIpc) is 3.20. The normalized spacial score (nSPS) is 14.3. The maximum atomic E-state index is 12.2. The van der Waals surface area contributed by atoms with Crippen LogP contribution in [0.4, 0.5) is 0 Å². The second-order valence-corrected chi connectivity index (χ2v) is 4.57. The lowest BCUT2D eigenvalue weighted by atomic mass is 10.1. The molecule has 0 radical (unpaired) electrons. The maximum absolute atomic E-state index is 12.2. The Morgan fingerprint density at radius 2 is 2.28 bits per heavy atom. The van der Waals surface area contributed by atoms with Gasteiger partial charge in [-0.25, -0.2) is 0 Å². The van der Waals surface area contributed by atoms with E-state index in [0.717, 1.165) is 24.2 Å². The van der Waals surface area contributed by atoms with Crippen LogP contribution in [0.15, 0.2) is 24.3 Å². The third-order valence-electron chi connectivity index (χ3n) is 3.14. The van der Waals surface area contributed by atoms with Crippen molar-refractivity contribution in [2.45, 2.75) is 25.3 Å². The Morgan fingerprint density at radius 3 is 2.89 bits per heavy atom. The topological polar surface area (TPSA) is 49.8 Å². The maximum Gasteiger partial charge on any atom is 0.227 e. The molecule has 1 N–H and O–H groups in total. The lowest BCUT2D eigenvalue weighted by molar-refractivity contribution is -0.131. The molecule has 1 aliphatic rings. The van der Waals surface area contributed by atoms with E-state index in [-0.39, 0.29) is 12.5 Å². The van der Waals surface area contributed by atoms with Gasteiger partial charge in [0.25, 0.3) is 0 Å². The first-order chi connectivity index (χ1) is 8.74. The minimum Gasteiger partial charge on any atom is -0.497 e. The SMILES string of the molecule is COc1cccc(CC(=O)N(CCO)C2CC2)c1. The van der Waals surface area contributed by atoms with Crippen LogP contribution >= 0.6 is 0 Å². The third kappa shape index (κ3) is 3.23. The van der Waals surface area contributed by atoms with E-state index in [0.29, 0.717) is 19.0 Å². The van der Waals surface area contributed by atoms with Gasteiger partial charge in [0, 0.05) is 12.6 Å². The Bertz CT molecular complexity index is 415. The van der Waals surface area contributed by atoms with Crippen LogP contribution in [0.2, 0.25) is 0 Å². The molecule has 1 aliphatic carbocycles. The second kappa shape index (κ2) is 5.87. The van der Waals surface area contributed by atoms with Crippen LogP contribution < -0.4 is 4.74 Å². The predicted molar refractivity (Wildman–Crippen MR) is 68.5 cm³/mol. The molecule has 0 aliphatic heterocycles. The Kier molecular flexibility index (Phi) is 4.20. The highest BCUT2D eigenvalue weighted by Crippen LogP contribution is 2.27. The van der Waals surface area contributed by atoms with Gasteiger partial charge in [0.2, 0.25) is 5.91 Å². The lowest BCUT2D eigenvalue weighted by Gasteiger charge is -2.21. The standard InChI is InChI=1S/C14H19NO3/c1-18-13-4-2-3-11(9-13)10-14(17)15(7-8-16)12-5-6-12/h2-4,9,12,16H,5-8,10H2,1H3. The highest BCUT2D eigenvalue weighted by molar-refractivity contribution is 5.79. The number of methoxy groups -OCH3 is 1. The molecule has 0 bridgehead atoms. The molecular formula is C14H19NO3. The molecule has 4 heteroatoms. The summed E-state index contributed by atoms with van der Waals surface area (Å²) in [4.78, 5) is 13.9. The first kappa shape index (κ1) is 12.9. The van der Waals surface area contributed by atoms with Crippen LogP contribution in [0.5, 0.6) is 5.75 Å².